The normalized spacial score (nSPS) is 24.3. The summed E-state index contributed by atoms with van der Waals surface area (Å²) in [4.78, 5) is 29.3. The van der Waals surface area contributed by atoms with E-state index in [4.69, 9.17) is 25.0 Å². The third-order valence-corrected chi connectivity index (χ3v) is 7.74. The van der Waals surface area contributed by atoms with Crippen LogP contribution in [0.3, 0.4) is 0 Å². The average Bonchev–Trinajstić information content (AvgIpc) is 3.58. The molecule has 1 aromatic rings. The molecule has 0 saturated carbocycles. The van der Waals surface area contributed by atoms with E-state index in [1.54, 1.807) is 0 Å². The Bertz CT molecular complexity index is 1240. The van der Waals surface area contributed by atoms with Crippen LogP contribution in [-0.2, 0) is 18.6 Å². The molecule has 0 amide bonds. The second-order valence-corrected chi connectivity index (χ2v) is 10.2. The number of aromatic nitrogens is 1. The van der Waals surface area contributed by atoms with Gasteiger partial charge < -0.3 is 47.0 Å². The smallest absolute Gasteiger partial charge is 1.00 e. The number of halogens is 3. The second-order valence-electron chi connectivity index (χ2n) is 10.2. The molecule has 11 heteroatoms. The minimum absolute atomic E-state index is 0. The van der Waals surface area contributed by atoms with E-state index >= 15 is 0 Å². The van der Waals surface area contributed by atoms with Gasteiger partial charge in [0.1, 0.15) is 23.5 Å². The van der Waals surface area contributed by atoms with Crippen molar-refractivity contribution in [2.45, 2.75) is 50.6 Å². The number of rotatable bonds is 4. The molecule has 5 heterocycles. The Labute approximate surface area is 266 Å². The number of likely N-dealkylation sites (tertiary alicyclic amines) is 2. The predicted molar refractivity (Wildman–Crippen MR) is 145 cm³/mol. The molecule has 4 aliphatic heterocycles. The van der Waals surface area contributed by atoms with Crippen LogP contribution < -0.4 is 37.2 Å². The first-order chi connectivity index (χ1) is 17.8. The number of nitrogens with zero attached hydrogens (tertiary/aromatic N) is 7. The number of aliphatic imine (C=N–C) groups is 4. The fraction of sp³-hybridized carbons (Fsp3) is 0.414. The minimum Gasteiger partial charge on any atom is -1.00 e. The maximum Gasteiger partial charge on any atom is 3.00 e. The number of fused-ring (bicyclic) bond motifs is 2. The van der Waals surface area contributed by atoms with Gasteiger partial charge in [-0.05, 0) is 75.0 Å². The fourth-order valence-electron chi connectivity index (χ4n) is 5.76. The second kappa shape index (κ2) is 14.1. The Morgan fingerprint density at radius 3 is 1.45 bits per heavy atom. The molecule has 2 saturated heterocycles. The molecular formula is C29H31Cl3N7V. The van der Waals surface area contributed by atoms with E-state index in [1.807, 2.05) is 18.2 Å². The molecule has 0 spiro atoms. The van der Waals surface area contributed by atoms with Crippen LogP contribution in [-0.4, -0.2) is 76.1 Å². The van der Waals surface area contributed by atoms with E-state index in [9.17, 15) is 0 Å². The van der Waals surface area contributed by atoms with Crippen LogP contribution in [0.5, 0.6) is 0 Å². The van der Waals surface area contributed by atoms with Crippen molar-refractivity contribution >= 4 is 23.1 Å². The van der Waals surface area contributed by atoms with Crippen molar-refractivity contribution in [1.29, 1.82) is 0 Å². The van der Waals surface area contributed by atoms with Crippen molar-refractivity contribution in [2.24, 2.45) is 20.0 Å². The summed E-state index contributed by atoms with van der Waals surface area (Å²) < 4.78 is 0. The van der Waals surface area contributed by atoms with Gasteiger partial charge in [-0.1, -0.05) is 18.2 Å². The van der Waals surface area contributed by atoms with Gasteiger partial charge in [0.25, 0.3) is 0 Å². The number of hydrogen-bond acceptors (Lipinski definition) is 7. The summed E-state index contributed by atoms with van der Waals surface area (Å²) in [5.41, 5.74) is 6.07. The summed E-state index contributed by atoms with van der Waals surface area (Å²) in [6.07, 6.45) is 20.8. The summed E-state index contributed by atoms with van der Waals surface area (Å²) in [6, 6.07) is 5.92. The minimum atomic E-state index is -0.0191. The zero-order chi connectivity index (χ0) is 23.9. The Hall–Kier alpha value is -2.16. The first kappa shape index (κ1) is 32.4. The molecule has 2 fully saturated rings. The monoisotopic (exact) mass is 633 g/mol. The Morgan fingerprint density at radius 2 is 1.02 bits per heavy atom. The van der Waals surface area contributed by atoms with Crippen LogP contribution in [0.1, 0.15) is 49.9 Å². The van der Waals surface area contributed by atoms with Crippen LogP contribution >= 0.6 is 0 Å². The summed E-state index contributed by atoms with van der Waals surface area (Å²) >= 11 is 0. The third-order valence-electron chi connectivity index (χ3n) is 7.74. The van der Waals surface area contributed by atoms with Gasteiger partial charge in [0.05, 0.1) is 11.4 Å². The van der Waals surface area contributed by atoms with Gasteiger partial charge in [0.2, 0.25) is 0 Å². The van der Waals surface area contributed by atoms with E-state index in [2.05, 4.69) is 46.3 Å². The maximum absolute atomic E-state index is 4.88. The first-order valence-electron chi connectivity index (χ1n) is 13.4. The molecule has 1 aromatic heterocycles. The van der Waals surface area contributed by atoms with Crippen LogP contribution in [0.15, 0.2) is 86.0 Å². The Morgan fingerprint density at radius 1 is 0.600 bits per heavy atom. The molecule has 2 atom stereocenters. The van der Waals surface area contributed by atoms with Crippen molar-refractivity contribution in [2.75, 3.05) is 26.2 Å². The Kier molecular flexibility index (Phi) is 11.4. The van der Waals surface area contributed by atoms with Crippen molar-refractivity contribution < 1.29 is 55.8 Å². The van der Waals surface area contributed by atoms with E-state index in [1.165, 1.54) is 49.9 Å². The number of piperidine rings is 2. The topological polar surface area (TPSA) is 68.8 Å². The standard InChI is InChI=1S/C29H31N7.3ClH.V/c1-3-14-35(15-4-1)20-10-12-22-26(18-20)33-28(31-22)24-8-7-9-25(30-24)29-32-23-13-11-21(19-27(23)34-29)36-16-5-2-6-17-36;;;;/h7-13,18-19,22-23H,1-6,14-17H2;3*1H;/q;;;;+3/p-3. The fourth-order valence-corrected chi connectivity index (χ4v) is 5.76. The maximum atomic E-state index is 4.88. The summed E-state index contributed by atoms with van der Waals surface area (Å²) in [6.45, 7) is 4.50. The van der Waals surface area contributed by atoms with Crippen LogP contribution in [0, 0.1) is 0 Å². The van der Waals surface area contributed by atoms with E-state index in [-0.39, 0.29) is 67.9 Å². The zero-order valence-corrected chi connectivity index (χ0v) is 25.8. The van der Waals surface area contributed by atoms with E-state index in [0.29, 0.717) is 11.7 Å². The summed E-state index contributed by atoms with van der Waals surface area (Å²) in [5, 5.41) is 0. The number of amidine groups is 2. The van der Waals surface area contributed by atoms with Gasteiger partial charge >= 0.3 is 18.6 Å². The van der Waals surface area contributed by atoms with Gasteiger partial charge in [-0.25, -0.2) is 15.0 Å². The molecule has 0 radical (unpaired) electrons. The number of allylic oxidation sites excluding steroid dienone is 2. The molecule has 0 N–H and O–H groups in total. The largest absolute Gasteiger partial charge is 3.00 e. The van der Waals surface area contributed by atoms with E-state index < -0.39 is 0 Å². The van der Waals surface area contributed by atoms with Crippen molar-refractivity contribution in [3.8, 4) is 0 Å². The third kappa shape index (κ3) is 6.50. The molecule has 40 heavy (non-hydrogen) atoms. The molecular weight excluding hydrogens is 604 g/mol. The Balaban J connectivity index is 0.00000110. The van der Waals surface area contributed by atoms with Crippen molar-refractivity contribution in [3.63, 3.8) is 0 Å². The number of hydrogen-bond donors (Lipinski definition) is 0. The van der Waals surface area contributed by atoms with Gasteiger partial charge in [-0.3, -0.25) is 9.98 Å². The average molecular weight is 635 g/mol. The molecule has 2 aliphatic carbocycles. The summed E-state index contributed by atoms with van der Waals surface area (Å²) in [5.74, 6) is 1.38. The van der Waals surface area contributed by atoms with Gasteiger partial charge in [-0.2, -0.15) is 0 Å². The quantitative estimate of drug-likeness (QED) is 0.334. The molecule has 7 rings (SSSR count). The first-order valence-corrected chi connectivity index (χ1v) is 13.4. The predicted octanol–water partition coefficient (Wildman–Crippen LogP) is -4.89. The van der Waals surface area contributed by atoms with Gasteiger partial charge in [0.15, 0.2) is 11.7 Å². The number of pyridine rings is 1. The van der Waals surface area contributed by atoms with Crippen molar-refractivity contribution in [3.05, 3.63) is 77.4 Å². The molecule has 0 aromatic carbocycles. The molecule has 208 valence electrons. The van der Waals surface area contributed by atoms with Gasteiger partial charge in [0, 0.05) is 37.6 Å². The van der Waals surface area contributed by atoms with E-state index in [0.717, 1.165) is 49.0 Å². The molecule has 2 unspecified atom stereocenters. The van der Waals surface area contributed by atoms with Crippen LogP contribution in [0.25, 0.3) is 0 Å². The van der Waals surface area contributed by atoms with Crippen LogP contribution in [0.4, 0.5) is 0 Å². The van der Waals surface area contributed by atoms with Gasteiger partial charge in [-0.15, -0.1) is 0 Å². The van der Waals surface area contributed by atoms with Crippen molar-refractivity contribution in [1.82, 2.24) is 14.8 Å². The SMILES string of the molecule is C1=CC2N=C(c3cccc(C4=NC5C=CC(N6CCCCC6)=CC5=N4)n3)N=C2C=C1N1CCCCC1.[Cl-].[Cl-].[Cl-].[V+3]. The summed E-state index contributed by atoms with van der Waals surface area (Å²) in [7, 11) is 0. The molecule has 7 nitrogen and oxygen atoms in total. The van der Waals surface area contributed by atoms with Crippen LogP contribution in [0.2, 0.25) is 0 Å². The molecule has 6 aliphatic rings. The molecule has 0 bridgehead atoms. The zero-order valence-electron chi connectivity index (χ0n) is 22.1.